The largest absolute Gasteiger partial charge is 0.294 e. The van der Waals surface area contributed by atoms with E-state index < -0.39 is 0 Å². The summed E-state index contributed by atoms with van der Waals surface area (Å²) in [5.41, 5.74) is 0.767. The summed E-state index contributed by atoms with van der Waals surface area (Å²) in [5, 5.41) is 0.675. The maximum Gasteiger partial charge on any atom is 0.162 e. The maximum absolute atomic E-state index is 11.7. The van der Waals surface area contributed by atoms with Crippen LogP contribution in [0.1, 0.15) is 43.5 Å². The van der Waals surface area contributed by atoms with E-state index in [2.05, 4.69) is 13.8 Å². The second kappa shape index (κ2) is 5.92. The highest BCUT2D eigenvalue weighted by Crippen LogP contribution is 2.13. The van der Waals surface area contributed by atoms with Crippen molar-refractivity contribution in [2.24, 2.45) is 5.92 Å². The first-order valence-electron chi connectivity index (χ1n) is 5.38. The van der Waals surface area contributed by atoms with Crippen LogP contribution in [0.4, 0.5) is 0 Å². The van der Waals surface area contributed by atoms with Gasteiger partial charge in [-0.3, -0.25) is 4.79 Å². The van der Waals surface area contributed by atoms with Gasteiger partial charge in [0.1, 0.15) is 0 Å². The van der Waals surface area contributed by atoms with Gasteiger partial charge in [-0.2, -0.15) is 0 Å². The zero-order valence-electron chi connectivity index (χ0n) is 9.29. The van der Waals surface area contributed by atoms with Gasteiger partial charge in [0.15, 0.2) is 5.78 Å². The van der Waals surface area contributed by atoms with E-state index in [1.165, 1.54) is 0 Å². The normalized spacial score (nSPS) is 10.7. The summed E-state index contributed by atoms with van der Waals surface area (Å²) >= 11 is 5.75. The molecular formula is C13H17ClO. The average Bonchev–Trinajstić information content (AvgIpc) is 2.18. The molecule has 0 aromatic heterocycles. The van der Waals surface area contributed by atoms with Gasteiger partial charge in [0.25, 0.3) is 0 Å². The van der Waals surface area contributed by atoms with Gasteiger partial charge in [0.05, 0.1) is 0 Å². The molecule has 1 aromatic carbocycles. The summed E-state index contributed by atoms with van der Waals surface area (Å²) in [4.78, 5) is 11.7. The molecule has 0 bridgehead atoms. The van der Waals surface area contributed by atoms with Crippen LogP contribution >= 0.6 is 11.6 Å². The van der Waals surface area contributed by atoms with Crippen LogP contribution in [-0.2, 0) is 0 Å². The molecule has 0 saturated carbocycles. The highest BCUT2D eigenvalue weighted by Gasteiger charge is 2.05. The fourth-order valence-electron chi connectivity index (χ4n) is 1.45. The molecule has 0 aliphatic rings. The SMILES string of the molecule is CC(C)CCCC(=O)c1ccc(Cl)cc1. The van der Waals surface area contributed by atoms with Crippen LogP contribution in [0.2, 0.25) is 5.02 Å². The summed E-state index contributed by atoms with van der Waals surface area (Å²) < 4.78 is 0. The second-order valence-electron chi connectivity index (χ2n) is 4.22. The maximum atomic E-state index is 11.7. The Bertz CT molecular complexity index is 314. The topological polar surface area (TPSA) is 17.1 Å². The zero-order chi connectivity index (χ0) is 11.3. The quantitative estimate of drug-likeness (QED) is 0.680. The molecule has 0 atom stereocenters. The van der Waals surface area contributed by atoms with E-state index in [1.54, 1.807) is 24.3 Å². The molecular weight excluding hydrogens is 208 g/mol. The number of Topliss-reactive ketones (excluding diaryl/α,β-unsaturated/α-hetero) is 1. The molecule has 0 unspecified atom stereocenters. The number of halogens is 1. The van der Waals surface area contributed by atoms with Gasteiger partial charge in [0.2, 0.25) is 0 Å². The van der Waals surface area contributed by atoms with E-state index in [0.29, 0.717) is 17.4 Å². The van der Waals surface area contributed by atoms with E-state index in [-0.39, 0.29) is 5.78 Å². The highest BCUT2D eigenvalue weighted by atomic mass is 35.5. The third kappa shape index (κ3) is 4.48. The van der Waals surface area contributed by atoms with Gasteiger partial charge in [-0.25, -0.2) is 0 Å². The van der Waals surface area contributed by atoms with E-state index in [9.17, 15) is 4.79 Å². The van der Waals surface area contributed by atoms with Gasteiger partial charge in [-0.15, -0.1) is 0 Å². The van der Waals surface area contributed by atoms with Gasteiger partial charge in [0, 0.05) is 17.0 Å². The van der Waals surface area contributed by atoms with Crippen LogP contribution < -0.4 is 0 Å². The molecule has 82 valence electrons. The number of carbonyl (C=O) groups is 1. The number of carbonyl (C=O) groups excluding carboxylic acids is 1. The van der Waals surface area contributed by atoms with Crippen molar-refractivity contribution in [1.29, 1.82) is 0 Å². The lowest BCUT2D eigenvalue weighted by Crippen LogP contribution is -1.99. The molecule has 0 aliphatic heterocycles. The third-order valence-corrected chi connectivity index (χ3v) is 2.60. The van der Waals surface area contributed by atoms with Crippen LogP contribution in [0.15, 0.2) is 24.3 Å². The molecule has 0 aliphatic carbocycles. The smallest absolute Gasteiger partial charge is 0.162 e. The fraction of sp³-hybridized carbons (Fsp3) is 0.462. The van der Waals surface area contributed by atoms with Crippen molar-refractivity contribution in [3.8, 4) is 0 Å². The third-order valence-electron chi connectivity index (χ3n) is 2.35. The first-order chi connectivity index (χ1) is 7.09. The van der Waals surface area contributed by atoms with Crippen LogP contribution in [-0.4, -0.2) is 5.78 Å². The lowest BCUT2D eigenvalue weighted by molar-refractivity contribution is 0.0978. The Morgan fingerprint density at radius 1 is 1.27 bits per heavy atom. The summed E-state index contributed by atoms with van der Waals surface area (Å²) in [7, 11) is 0. The Kier molecular flexibility index (Phi) is 4.83. The Balaban J connectivity index is 2.43. The lowest BCUT2D eigenvalue weighted by atomic mass is 10.0. The number of rotatable bonds is 5. The van der Waals surface area contributed by atoms with E-state index in [1.807, 2.05) is 0 Å². The predicted molar refractivity (Wildman–Crippen MR) is 64.5 cm³/mol. The van der Waals surface area contributed by atoms with Crippen molar-refractivity contribution >= 4 is 17.4 Å². The van der Waals surface area contributed by atoms with Crippen molar-refractivity contribution in [2.75, 3.05) is 0 Å². The van der Waals surface area contributed by atoms with Crippen molar-refractivity contribution in [1.82, 2.24) is 0 Å². The summed E-state index contributed by atoms with van der Waals surface area (Å²) in [5.74, 6) is 0.885. The molecule has 0 spiro atoms. The Morgan fingerprint density at radius 3 is 2.40 bits per heavy atom. The Morgan fingerprint density at radius 2 is 1.87 bits per heavy atom. The number of benzene rings is 1. The van der Waals surface area contributed by atoms with Crippen molar-refractivity contribution in [3.05, 3.63) is 34.9 Å². The average molecular weight is 225 g/mol. The highest BCUT2D eigenvalue weighted by molar-refractivity contribution is 6.30. The molecule has 1 rings (SSSR count). The number of ketones is 1. The first-order valence-corrected chi connectivity index (χ1v) is 5.76. The van der Waals surface area contributed by atoms with Crippen molar-refractivity contribution in [2.45, 2.75) is 33.1 Å². The van der Waals surface area contributed by atoms with Gasteiger partial charge >= 0.3 is 0 Å². The molecule has 0 N–H and O–H groups in total. The van der Waals surface area contributed by atoms with Gasteiger partial charge in [-0.05, 0) is 36.6 Å². The van der Waals surface area contributed by atoms with Crippen molar-refractivity contribution < 1.29 is 4.79 Å². The first kappa shape index (κ1) is 12.3. The molecule has 0 radical (unpaired) electrons. The fourth-order valence-corrected chi connectivity index (χ4v) is 1.58. The summed E-state index contributed by atoms with van der Waals surface area (Å²) in [6.45, 7) is 4.35. The molecule has 1 aromatic rings. The molecule has 0 saturated heterocycles. The minimum Gasteiger partial charge on any atom is -0.294 e. The van der Waals surface area contributed by atoms with Crippen LogP contribution in [0.25, 0.3) is 0 Å². The summed E-state index contributed by atoms with van der Waals surface area (Å²) in [6.07, 6.45) is 2.72. The minimum atomic E-state index is 0.215. The van der Waals surface area contributed by atoms with Crippen LogP contribution in [0.3, 0.4) is 0 Å². The molecule has 0 fully saturated rings. The standard InChI is InChI=1S/C13H17ClO/c1-10(2)4-3-5-13(15)11-6-8-12(14)9-7-11/h6-10H,3-5H2,1-2H3. The van der Waals surface area contributed by atoms with Gasteiger partial charge < -0.3 is 0 Å². The monoisotopic (exact) mass is 224 g/mol. The number of hydrogen-bond donors (Lipinski definition) is 0. The van der Waals surface area contributed by atoms with Crippen LogP contribution in [0.5, 0.6) is 0 Å². The molecule has 2 heteroatoms. The van der Waals surface area contributed by atoms with Crippen LogP contribution in [0, 0.1) is 5.92 Å². The second-order valence-corrected chi connectivity index (χ2v) is 4.65. The predicted octanol–water partition coefficient (Wildman–Crippen LogP) is 4.35. The molecule has 15 heavy (non-hydrogen) atoms. The zero-order valence-corrected chi connectivity index (χ0v) is 10.1. The number of hydrogen-bond acceptors (Lipinski definition) is 1. The molecule has 1 nitrogen and oxygen atoms in total. The lowest BCUT2D eigenvalue weighted by Gasteiger charge is -2.04. The van der Waals surface area contributed by atoms with E-state index in [0.717, 1.165) is 18.4 Å². The van der Waals surface area contributed by atoms with Crippen molar-refractivity contribution in [3.63, 3.8) is 0 Å². The molecule has 0 amide bonds. The Hall–Kier alpha value is -0.820. The minimum absolute atomic E-state index is 0.215. The summed E-state index contributed by atoms with van der Waals surface area (Å²) in [6, 6.07) is 7.11. The van der Waals surface area contributed by atoms with E-state index >= 15 is 0 Å². The Labute approximate surface area is 96.5 Å². The van der Waals surface area contributed by atoms with E-state index in [4.69, 9.17) is 11.6 Å². The van der Waals surface area contributed by atoms with Gasteiger partial charge in [-0.1, -0.05) is 31.9 Å². The molecule has 0 heterocycles.